The first-order valence-electron chi connectivity index (χ1n) is 6.82. The van der Waals surface area contributed by atoms with E-state index in [1.54, 1.807) is 0 Å². The number of nitrogens with zero attached hydrogens (tertiary/aromatic N) is 1. The second-order valence-corrected chi connectivity index (χ2v) is 5.13. The van der Waals surface area contributed by atoms with Gasteiger partial charge in [0.2, 0.25) is 0 Å². The van der Waals surface area contributed by atoms with Crippen molar-refractivity contribution < 1.29 is 4.79 Å². The minimum absolute atomic E-state index is 0.147. The number of hydrogen-bond donors (Lipinski definition) is 2. The van der Waals surface area contributed by atoms with Gasteiger partial charge in [0.15, 0.2) is 0 Å². The van der Waals surface area contributed by atoms with E-state index in [4.69, 9.17) is 0 Å². The maximum Gasteiger partial charge on any atom is 0.254 e. The lowest BCUT2D eigenvalue weighted by Crippen LogP contribution is -2.40. The molecule has 0 radical (unpaired) electrons. The van der Waals surface area contributed by atoms with Crippen LogP contribution in [0, 0.1) is 0 Å². The predicted octanol–water partition coefficient (Wildman–Crippen LogP) is 1.99. The molecule has 2 N–H and O–H groups in total. The number of aromatic nitrogens is 1. The summed E-state index contributed by atoms with van der Waals surface area (Å²) < 4.78 is 0. The molecule has 2 heterocycles. The van der Waals surface area contributed by atoms with Gasteiger partial charge in [-0.05, 0) is 43.5 Å². The molecule has 1 saturated heterocycles. The SMILES string of the molecule is CNCC1CCCN1C(=O)c1ccc2cc[nH]c2c1. The van der Waals surface area contributed by atoms with E-state index in [0.29, 0.717) is 6.04 Å². The zero-order valence-electron chi connectivity index (χ0n) is 11.1. The summed E-state index contributed by atoms with van der Waals surface area (Å²) in [5.74, 6) is 0.147. The summed E-state index contributed by atoms with van der Waals surface area (Å²) in [6.07, 6.45) is 4.10. The summed E-state index contributed by atoms with van der Waals surface area (Å²) in [6, 6.07) is 8.22. The molecule has 1 fully saturated rings. The Morgan fingerprint density at radius 1 is 1.47 bits per heavy atom. The van der Waals surface area contributed by atoms with Crippen LogP contribution >= 0.6 is 0 Å². The van der Waals surface area contributed by atoms with E-state index in [9.17, 15) is 4.79 Å². The van der Waals surface area contributed by atoms with Crippen LogP contribution in [0.2, 0.25) is 0 Å². The van der Waals surface area contributed by atoms with Gasteiger partial charge >= 0.3 is 0 Å². The molecule has 1 aliphatic rings. The summed E-state index contributed by atoms with van der Waals surface area (Å²) in [6.45, 7) is 1.74. The number of likely N-dealkylation sites (tertiary alicyclic amines) is 1. The molecule has 1 aliphatic heterocycles. The van der Waals surface area contributed by atoms with Crippen molar-refractivity contribution in [3.63, 3.8) is 0 Å². The van der Waals surface area contributed by atoms with Gasteiger partial charge in [-0.15, -0.1) is 0 Å². The van der Waals surface area contributed by atoms with Crippen molar-refractivity contribution in [2.45, 2.75) is 18.9 Å². The van der Waals surface area contributed by atoms with Crippen molar-refractivity contribution in [3.05, 3.63) is 36.0 Å². The van der Waals surface area contributed by atoms with Crippen molar-refractivity contribution in [1.82, 2.24) is 15.2 Å². The number of aromatic amines is 1. The zero-order valence-corrected chi connectivity index (χ0v) is 11.1. The van der Waals surface area contributed by atoms with E-state index in [1.165, 1.54) is 0 Å². The van der Waals surface area contributed by atoms with Crippen LogP contribution in [0.1, 0.15) is 23.2 Å². The Labute approximate surface area is 112 Å². The summed E-state index contributed by atoms with van der Waals surface area (Å²) in [4.78, 5) is 17.7. The van der Waals surface area contributed by atoms with E-state index in [0.717, 1.165) is 42.4 Å². The van der Waals surface area contributed by atoms with Gasteiger partial charge in [0.25, 0.3) is 5.91 Å². The molecule has 3 rings (SSSR count). The van der Waals surface area contributed by atoms with Gasteiger partial charge in [-0.2, -0.15) is 0 Å². The molecule has 0 saturated carbocycles. The standard InChI is InChI=1S/C15H19N3O/c1-16-10-13-3-2-8-18(13)15(19)12-5-4-11-6-7-17-14(11)9-12/h4-7,9,13,16-17H,2-3,8,10H2,1H3. The number of nitrogens with one attached hydrogen (secondary N) is 2. The first kappa shape index (κ1) is 12.2. The van der Waals surface area contributed by atoms with Crippen molar-refractivity contribution >= 4 is 16.8 Å². The smallest absolute Gasteiger partial charge is 0.254 e. The average Bonchev–Trinajstić information content (AvgIpc) is 3.05. The van der Waals surface area contributed by atoms with E-state index in [-0.39, 0.29) is 5.91 Å². The number of amides is 1. The monoisotopic (exact) mass is 257 g/mol. The Hall–Kier alpha value is -1.81. The molecule has 0 spiro atoms. The topological polar surface area (TPSA) is 48.1 Å². The summed E-state index contributed by atoms with van der Waals surface area (Å²) >= 11 is 0. The van der Waals surface area contributed by atoms with Crippen LogP contribution in [0.15, 0.2) is 30.5 Å². The lowest BCUT2D eigenvalue weighted by Gasteiger charge is -2.24. The lowest BCUT2D eigenvalue weighted by atomic mass is 10.1. The highest BCUT2D eigenvalue weighted by atomic mass is 16.2. The molecule has 1 atom stereocenters. The molecule has 1 aromatic carbocycles. The quantitative estimate of drug-likeness (QED) is 0.883. The molecule has 2 aromatic rings. The normalized spacial score (nSPS) is 19.2. The van der Waals surface area contributed by atoms with Gasteiger partial charge in [0.1, 0.15) is 0 Å². The summed E-state index contributed by atoms with van der Waals surface area (Å²) in [7, 11) is 1.94. The predicted molar refractivity (Wildman–Crippen MR) is 76.3 cm³/mol. The number of benzene rings is 1. The maximum absolute atomic E-state index is 12.6. The molecule has 1 amide bonds. The molecular weight excluding hydrogens is 238 g/mol. The molecule has 4 nitrogen and oxygen atoms in total. The lowest BCUT2D eigenvalue weighted by molar-refractivity contribution is 0.0737. The fourth-order valence-corrected chi connectivity index (χ4v) is 2.90. The number of likely N-dealkylation sites (N-methyl/N-ethyl adjacent to an activating group) is 1. The molecule has 100 valence electrons. The molecule has 19 heavy (non-hydrogen) atoms. The van der Waals surface area contributed by atoms with Crippen molar-refractivity contribution in [2.24, 2.45) is 0 Å². The number of H-pyrrole nitrogens is 1. The first-order chi connectivity index (χ1) is 9.29. The highest BCUT2D eigenvalue weighted by molar-refractivity contribution is 5.98. The first-order valence-corrected chi connectivity index (χ1v) is 6.82. The number of fused-ring (bicyclic) bond motifs is 1. The van der Waals surface area contributed by atoms with Gasteiger partial charge in [0, 0.05) is 36.4 Å². The fraction of sp³-hybridized carbons (Fsp3) is 0.400. The Bertz CT molecular complexity index is 590. The van der Waals surface area contributed by atoms with Gasteiger partial charge in [-0.25, -0.2) is 0 Å². The third-order valence-corrected chi connectivity index (χ3v) is 3.88. The summed E-state index contributed by atoms with van der Waals surface area (Å²) in [5.41, 5.74) is 1.80. The van der Waals surface area contributed by atoms with Crippen LogP contribution in [-0.4, -0.2) is 42.0 Å². The van der Waals surface area contributed by atoms with Gasteiger partial charge in [0.05, 0.1) is 0 Å². The Balaban J connectivity index is 1.86. The Morgan fingerprint density at radius 3 is 3.21 bits per heavy atom. The second kappa shape index (κ2) is 5.05. The van der Waals surface area contributed by atoms with Crippen molar-refractivity contribution in [3.8, 4) is 0 Å². The van der Waals surface area contributed by atoms with E-state index < -0.39 is 0 Å². The summed E-state index contributed by atoms with van der Waals surface area (Å²) in [5, 5.41) is 4.31. The molecule has 4 heteroatoms. The van der Waals surface area contributed by atoms with Gasteiger partial charge in [-0.1, -0.05) is 6.07 Å². The van der Waals surface area contributed by atoms with Crippen molar-refractivity contribution in [2.75, 3.05) is 20.1 Å². The Morgan fingerprint density at radius 2 is 2.37 bits per heavy atom. The molecule has 1 unspecified atom stereocenters. The molecule has 0 bridgehead atoms. The Kier molecular flexibility index (Phi) is 3.25. The number of rotatable bonds is 3. The van der Waals surface area contributed by atoms with Gasteiger partial charge in [-0.3, -0.25) is 4.79 Å². The number of carbonyl (C=O) groups is 1. The van der Waals surface area contributed by atoms with Crippen LogP contribution in [0.3, 0.4) is 0 Å². The largest absolute Gasteiger partial charge is 0.361 e. The third-order valence-electron chi connectivity index (χ3n) is 3.88. The van der Waals surface area contributed by atoms with Crippen LogP contribution < -0.4 is 5.32 Å². The number of carbonyl (C=O) groups excluding carboxylic acids is 1. The van der Waals surface area contributed by atoms with E-state index in [2.05, 4.69) is 10.3 Å². The molecular formula is C15H19N3O. The number of hydrogen-bond acceptors (Lipinski definition) is 2. The zero-order chi connectivity index (χ0) is 13.2. The van der Waals surface area contributed by atoms with Crippen LogP contribution in [0.25, 0.3) is 10.9 Å². The molecule has 1 aromatic heterocycles. The van der Waals surface area contributed by atoms with Gasteiger partial charge < -0.3 is 15.2 Å². The fourth-order valence-electron chi connectivity index (χ4n) is 2.90. The van der Waals surface area contributed by atoms with Crippen LogP contribution in [0.4, 0.5) is 0 Å². The van der Waals surface area contributed by atoms with E-state index in [1.807, 2.05) is 42.4 Å². The van der Waals surface area contributed by atoms with Crippen LogP contribution in [0.5, 0.6) is 0 Å². The third kappa shape index (κ3) is 2.24. The minimum Gasteiger partial charge on any atom is -0.361 e. The molecule has 0 aliphatic carbocycles. The van der Waals surface area contributed by atoms with E-state index >= 15 is 0 Å². The highest BCUT2D eigenvalue weighted by Gasteiger charge is 2.28. The van der Waals surface area contributed by atoms with Crippen molar-refractivity contribution in [1.29, 1.82) is 0 Å². The highest BCUT2D eigenvalue weighted by Crippen LogP contribution is 2.21. The minimum atomic E-state index is 0.147. The maximum atomic E-state index is 12.6. The second-order valence-electron chi connectivity index (χ2n) is 5.13. The average molecular weight is 257 g/mol. The van der Waals surface area contributed by atoms with Crippen LogP contribution in [-0.2, 0) is 0 Å².